The number of nitrogens with one attached hydrogen (secondary N) is 3. The molecule has 0 radical (unpaired) electrons. The summed E-state index contributed by atoms with van der Waals surface area (Å²) in [6, 6.07) is 28.3. The van der Waals surface area contributed by atoms with Crippen molar-refractivity contribution < 1.29 is 17.6 Å². The lowest BCUT2D eigenvalue weighted by molar-refractivity contribution is 0.0950. The van der Waals surface area contributed by atoms with Gasteiger partial charge in [-0.1, -0.05) is 48.5 Å². The van der Waals surface area contributed by atoms with Crippen molar-refractivity contribution in [1.29, 1.82) is 0 Å². The van der Waals surface area contributed by atoms with Gasteiger partial charge in [0.05, 0.1) is 11.2 Å². The van der Waals surface area contributed by atoms with E-state index >= 15 is 0 Å². The fourth-order valence-electron chi connectivity index (χ4n) is 3.93. The molecule has 0 spiro atoms. The fourth-order valence-corrected chi connectivity index (χ4v) is 5.06. The molecular weight excluding hydrogens is 512 g/mol. The van der Waals surface area contributed by atoms with Gasteiger partial charge in [0.2, 0.25) is 0 Å². The summed E-state index contributed by atoms with van der Waals surface area (Å²) in [6.45, 7) is 0.682. The first-order valence-corrected chi connectivity index (χ1v) is 13.7. The third-order valence-corrected chi connectivity index (χ3v) is 7.30. The molecule has 196 valence electrons. The molecule has 5 aromatic rings. The van der Waals surface area contributed by atoms with E-state index < -0.39 is 15.9 Å². The number of carbonyl (C=O) groups excluding carboxylic acids is 1. The van der Waals surface area contributed by atoms with Crippen molar-refractivity contribution in [3.63, 3.8) is 0 Å². The number of benzene rings is 3. The Hall–Kier alpha value is -4.89. The van der Waals surface area contributed by atoms with Gasteiger partial charge < -0.3 is 15.1 Å². The summed E-state index contributed by atoms with van der Waals surface area (Å²) in [7, 11) is -3.96. The third-order valence-electron chi connectivity index (χ3n) is 5.94. The molecule has 0 fully saturated rings. The molecule has 0 unspecified atom stereocenters. The number of sulfonamides is 1. The number of furan rings is 1. The van der Waals surface area contributed by atoms with Crippen LogP contribution in [0, 0.1) is 0 Å². The van der Waals surface area contributed by atoms with Gasteiger partial charge in [0.1, 0.15) is 5.76 Å². The number of aromatic nitrogens is 1. The summed E-state index contributed by atoms with van der Waals surface area (Å²) in [6.07, 6.45) is 4.94. The molecule has 3 aromatic carbocycles. The zero-order valence-electron chi connectivity index (χ0n) is 20.9. The summed E-state index contributed by atoms with van der Waals surface area (Å²) < 4.78 is 34.5. The summed E-state index contributed by atoms with van der Waals surface area (Å²) in [5.41, 5.74) is 3.89. The molecule has 3 N–H and O–H groups in total. The molecule has 0 aliphatic rings. The number of carbonyl (C=O) groups is 1. The van der Waals surface area contributed by atoms with Gasteiger partial charge in [0, 0.05) is 48.0 Å². The van der Waals surface area contributed by atoms with Crippen LogP contribution in [0.1, 0.15) is 21.5 Å². The molecule has 0 atom stereocenters. The standard InChI is InChI=1S/C30H26N4O4S/c35-30(33-21-23-6-4-14-31-19-23)25-16-27(18-28(17-25)39(36,37)34-26-7-2-1-3-8-26)32-20-22-10-12-24(13-11-22)29-9-5-15-38-29/h1-19,32,34H,20-21H2,(H,33,35). The topological polar surface area (TPSA) is 113 Å². The quantitative estimate of drug-likeness (QED) is 0.211. The molecule has 0 aliphatic heterocycles. The van der Waals surface area contributed by atoms with Crippen molar-refractivity contribution in [3.05, 3.63) is 132 Å². The van der Waals surface area contributed by atoms with E-state index in [0.717, 1.165) is 22.5 Å². The van der Waals surface area contributed by atoms with Crippen LogP contribution < -0.4 is 15.4 Å². The van der Waals surface area contributed by atoms with Crippen LogP contribution in [0.5, 0.6) is 0 Å². The maximum Gasteiger partial charge on any atom is 0.261 e. The molecule has 0 aliphatic carbocycles. The van der Waals surface area contributed by atoms with Crippen molar-refractivity contribution in [2.45, 2.75) is 18.0 Å². The Morgan fingerprint density at radius 3 is 2.33 bits per heavy atom. The molecule has 0 saturated heterocycles. The minimum absolute atomic E-state index is 0.0314. The number of nitrogens with zero attached hydrogens (tertiary/aromatic N) is 1. The number of hydrogen-bond acceptors (Lipinski definition) is 6. The highest BCUT2D eigenvalue weighted by Crippen LogP contribution is 2.24. The predicted molar refractivity (Wildman–Crippen MR) is 151 cm³/mol. The highest BCUT2D eigenvalue weighted by atomic mass is 32.2. The van der Waals surface area contributed by atoms with Crippen LogP contribution in [-0.4, -0.2) is 19.3 Å². The Bertz CT molecular complexity index is 1640. The van der Waals surface area contributed by atoms with Crippen molar-refractivity contribution in [1.82, 2.24) is 10.3 Å². The van der Waals surface area contributed by atoms with E-state index in [4.69, 9.17) is 4.42 Å². The molecule has 1 amide bonds. The van der Waals surface area contributed by atoms with Gasteiger partial charge in [0.25, 0.3) is 15.9 Å². The first kappa shape index (κ1) is 25.7. The minimum Gasteiger partial charge on any atom is -0.464 e. The predicted octanol–water partition coefficient (Wildman–Crippen LogP) is 5.68. The van der Waals surface area contributed by atoms with E-state index in [0.29, 0.717) is 17.9 Å². The highest BCUT2D eigenvalue weighted by molar-refractivity contribution is 7.92. The second-order valence-electron chi connectivity index (χ2n) is 8.79. The van der Waals surface area contributed by atoms with Crippen molar-refractivity contribution in [2.75, 3.05) is 10.0 Å². The molecule has 2 heterocycles. The summed E-state index contributed by atoms with van der Waals surface area (Å²) in [5.74, 6) is 0.377. The average Bonchev–Trinajstić information content (AvgIpc) is 3.51. The second-order valence-corrected chi connectivity index (χ2v) is 10.5. The van der Waals surface area contributed by atoms with E-state index in [1.54, 1.807) is 61.1 Å². The lowest BCUT2D eigenvalue weighted by atomic mass is 10.1. The first-order valence-electron chi connectivity index (χ1n) is 12.2. The summed E-state index contributed by atoms with van der Waals surface area (Å²) in [4.78, 5) is 17.1. The van der Waals surface area contributed by atoms with Gasteiger partial charge in [-0.05, 0) is 59.7 Å². The zero-order chi connectivity index (χ0) is 27.1. The normalized spacial score (nSPS) is 11.1. The van der Waals surface area contributed by atoms with Gasteiger partial charge >= 0.3 is 0 Å². The monoisotopic (exact) mass is 538 g/mol. The zero-order valence-corrected chi connectivity index (χ0v) is 21.7. The van der Waals surface area contributed by atoms with Crippen LogP contribution in [0.15, 0.2) is 125 Å². The van der Waals surface area contributed by atoms with Crippen LogP contribution in [0.3, 0.4) is 0 Å². The van der Waals surface area contributed by atoms with Crippen molar-refractivity contribution >= 4 is 27.3 Å². The Morgan fingerprint density at radius 2 is 1.62 bits per heavy atom. The van der Waals surface area contributed by atoms with Crippen LogP contribution in [-0.2, 0) is 23.1 Å². The Morgan fingerprint density at radius 1 is 0.795 bits per heavy atom. The van der Waals surface area contributed by atoms with Crippen LogP contribution in [0.25, 0.3) is 11.3 Å². The van der Waals surface area contributed by atoms with Gasteiger partial charge in [-0.3, -0.25) is 14.5 Å². The van der Waals surface area contributed by atoms with Crippen molar-refractivity contribution in [2.24, 2.45) is 0 Å². The van der Waals surface area contributed by atoms with Gasteiger partial charge in [-0.25, -0.2) is 8.42 Å². The minimum atomic E-state index is -3.96. The maximum atomic E-state index is 13.2. The summed E-state index contributed by atoms with van der Waals surface area (Å²) >= 11 is 0. The molecule has 0 bridgehead atoms. The lowest BCUT2D eigenvalue weighted by Crippen LogP contribution is -2.23. The third kappa shape index (κ3) is 6.71. The molecule has 2 aromatic heterocycles. The van der Waals surface area contributed by atoms with Crippen LogP contribution in [0.4, 0.5) is 11.4 Å². The number of anilines is 2. The number of para-hydroxylation sites is 1. The van der Waals surface area contributed by atoms with Gasteiger partial charge in [0.15, 0.2) is 0 Å². The Balaban J connectivity index is 1.38. The number of hydrogen-bond donors (Lipinski definition) is 3. The molecule has 0 saturated carbocycles. The number of pyridine rings is 1. The van der Waals surface area contributed by atoms with Crippen LogP contribution >= 0.6 is 0 Å². The van der Waals surface area contributed by atoms with Crippen molar-refractivity contribution in [3.8, 4) is 11.3 Å². The average molecular weight is 539 g/mol. The Labute approximate surface area is 226 Å². The second kappa shape index (κ2) is 11.7. The SMILES string of the molecule is O=C(NCc1cccnc1)c1cc(NCc2ccc(-c3ccco3)cc2)cc(S(=O)(=O)Nc2ccccc2)c1. The molecule has 39 heavy (non-hydrogen) atoms. The highest BCUT2D eigenvalue weighted by Gasteiger charge is 2.19. The lowest BCUT2D eigenvalue weighted by Gasteiger charge is -2.14. The molecule has 5 rings (SSSR count). The van der Waals surface area contributed by atoms with Gasteiger partial charge in [-0.2, -0.15) is 0 Å². The first-order chi connectivity index (χ1) is 19.0. The molecule has 9 heteroatoms. The van der Waals surface area contributed by atoms with E-state index in [-0.39, 0.29) is 17.0 Å². The van der Waals surface area contributed by atoms with E-state index in [1.807, 2.05) is 42.5 Å². The molecule has 8 nitrogen and oxygen atoms in total. The maximum absolute atomic E-state index is 13.2. The molecular formula is C30H26N4O4S. The largest absolute Gasteiger partial charge is 0.464 e. The van der Waals surface area contributed by atoms with Crippen LogP contribution in [0.2, 0.25) is 0 Å². The number of rotatable bonds is 10. The van der Waals surface area contributed by atoms with E-state index in [1.165, 1.54) is 12.1 Å². The fraction of sp³-hybridized carbons (Fsp3) is 0.0667. The smallest absolute Gasteiger partial charge is 0.261 e. The number of amides is 1. The van der Waals surface area contributed by atoms with Gasteiger partial charge in [-0.15, -0.1) is 0 Å². The van der Waals surface area contributed by atoms with E-state index in [2.05, 4.69) is 20.3 Å². The van der Waals surface area contributed by atoms with E-state index in [9.17, 15) is 13.2 Å². The summed E-state index contributed by atoms with van der Waals surface area (Å²) in [5, 5.41) is 6.09. The Kier molecular flexibility index (Phi) is 7.70.